The second kappa shape index (κ2) is 8.29. The van der Waals surface area contributed by atoms with Crippen LogP contribution in [-0.2, 0) is 11.8 Å². The third-order valence-electron chi connectivity index (χ3n) is 5.32. The van der Waals surface area contributed by atoms with E-state index in [-0.39, 0.29) is 5.69 Å². The third kappa shape index (κ3) is 5.01. The number of nitrogens with one attached hydrogen (secondary N) is 3. The molecule has 1 heterocycles. The average Bonchev–Trinajstić information content (AvgIpc) is 3.15. The van der Waals surface area contributed by atoms with Crippen molar-refractivity contribution in [1.82, 2.24) is 4.98 Å². The number of benzene rings is 3. The number of aromatic nitrogens is 1. The molecule has 170 valence electrons. The van der Waals surface area contributed by atoms with E-state index in [9.17, 15) is 23.1 Å². The molecule has 0 atom stereocenters. The summed E-state index contributed by atoms with van der Waals surface area (Å²) in [6.45, 7) is 3.45. The van der Waals surface area contributed by atoms with Crippen molar-refractivity contribution in [2.45, 2.75) is 25.6 Å². The van der Waals surface area contributed by atoms with Crippen LogP contribution in [0.4, 0.5) is 29.3 Å². The summed E-state index contributed by atoms with van der Waals surface area (Å²) in [4.78, 5) is 15.5. The van der Waals surface area contributed by atoms with Crippen LogP contribution in [0.5, 0.6) is 0 Å². The molecule has 2 amide bonds. The van der Waals surface area contributed by atoms with Crippen molar-refractivity contribution in [3.63, 3.8) is 0 Å². The van der Waals surface area contributed by atoms with Crippen molar-refractivity contribution in [3.8, 4) is 11.1 Å². The minimum Gasteiger partial charge on any atom is -0.386 e. The molecule has 0 aliphatic carbocycles. The minimum absolute atomic E-state index is 0.243. The van der Waals surface area contributed by atoms with Gasteiger partial charge in [0.15, 0.2) is 0 Å². The summed E-state index contributed by atoms with van der Waals surface area (Å²) in [5.41, 5.74) is 2.56. The van der Waals surface area contributed by atoms with Gasteiger partial charge in [-0.15, -0.1) is 0 Å². The zero-order valence-corrected chi connectivity index (χ0v) is 17.9. The Hall–Kier alpha value is -3.78. The molecule has 0 unspecified atom stereocenters. The molecule has 0 saturated carbocycles. The molecule has 4 rings (SSSR count). The van der Waals surface area contributed by atoms with E-state index in [4.69, 9.17) is 0 Å². The van der Waals surface area contributed by atoms with Crippen molar-refractivity contribution in [3.05, 3.63) is 84.1 Å². The summed E-state index contributed by atoms with van der Waals surface area (Å²) in [5, 5.41) is 16.2. The Morgan fingerprint density at radius 3 is 2.06 bits per heavy atom. The zero-order valence-electron chi connectivity index (χ0n) is 17.9. The second-order valence-electron chi connectivity index (χ2n) is 8.25. The van der Waals surface area contributed by atoms with Gasteiger partial charge in [0.05, 0.1) is 16.9 Å². The number of aromatic amines is 1. The number of fused-ring (bicyclic) bond motifs is 1. The Balaban J connectivity index is 1.52. The molecule has 0 saturated heterocycles. The summed E-state index contributed by atoms with van der Waals surface area (Å²) in [6, 6.07) is 17.0. The Morgan fingerprint density at radius 1 is 0.848 bits per heavy atom. The van der Waals surface area contributed by atoms with Crippen LogP contribution in [0, 0.1) is 0 Å². The molecular weight excluding hydrogens is 431 g/mol. The van der Waals surface area contributed by atoms with Gasteiger partial charge in [0.2, 0.25) is 0 Å². The number of halogens is 3. The van der Waals surface area contributed by atoms with E-state index < -0.39 is 23.4 Å². The van der Waals surface area contributed by atoms with Crippen molar-refractivity contribution >= 4 is 28.3 Å². The second-order valence-corrected chi connectivity index (χ2v) is 8.25. The van der Waals surface area contributed by atoms with Crippen LogP contribution in [0.1, 0.15) is 25.0 Å². The number of urea groups is 1. The Labute approximate surface area is 188 Å². The van der Waals surface area contributed by atoms with Crippen molar-refractivity contribution in [2.24, 2.45) is 0 Å². The smallest absolute Gasteiger partial charge is 0.386 e. The first-order chi connectivity index (χ1) is 15.5. The SMILES string of the molecule is CC(C)(O)c1ccc(-c2ccc3[nH]cc(NC(=O)Nc4ccc(C(F)(F)F)cc4)c3c2)cc1. The number of hydrogen-bond acceptors (Lipinski definition) is 2. The van der Waals surface area contributed by atoms with E-state index in [0.717, 1.165) is 39.7 Å². The zero-order chi connectivity index (χ0) is 23.8. The van der Waals surface area contributed by atoms with E-state index in [1.54, 1.807) is 20.0 Å². The van der Waals surface area contributed by atoms with E-state index in [2.05, 4.69) is 15.6 Å². The first-order valence-corrected chi connectivity index (χ1v) is 10.2. The normalized spacial score (nSPS) is 12.1. The van der Waals surface area contributed by atoms with Crippen molar-refractivity contribution in [2.75, 3.05) is 10.6 Å². The summed E-state index contributed by atoms with van der Waals surface area (Å²) in [6.07, 6.45) is -2.78. The van der Waals surface area contributed by atoms with Gasteiger partial charge in [-0.2, -0.15) is 13.2 Å². The monoisotopic (exact) mass is 453 g/mol. The van der Waals surface area contributed by atoms with Gasteiger partial charge < -0.3 is 20.7 Å². The lowest BCUT2D eigenvalue weighted by Crippen LogP contribution is -2.19. The molecule has 0 bridgehead atoms. The molecule has 4 aromatic rings. The van der Waals surface area contributed by atoms with Crippen LogP contribution in [0.3, 0.4) is 0 Å². The molecule has 0 spiro atoms. The highest BCUT2D eigenvalue weighted by Gasteiger charge is 2.30. The molecule has 1 aromatic heterocycles. The van der Waals surface area contributed by atoms with Crippen molar-refractivity contribution in [1.29, 1.82) is 0 Å². The van der Waals surface area contributed by atoms with Crippen LogP contribution in [-0.4, -0.2) is 16.1 Å². The molecule has 0 aliphatic rings. The molecule has 0 fully saturated rings. The van der Waals surface area contributed by atoms with Crippen molar-refractivity contribution < 1.29 is 23.1 Å². The fourth-order valence-corrected chi connectivity index (χ4v) is 3.50. The standard InChI is InChI=1S/C25H22F3N3O2/c1-24(2,33)17-6-3-15(4-7-17)16-5-12-21-20(13-16)22(14-29-21)31-23(32)30-19-10-8-18(9-11-19)25(26,27)28/h3-14,29,33H,1-2H3,(H2,30,31,32). The molecule has 33 heavy (non-hydrogen) atoms. The lowest BCUT2D eigenvalue weighted by atomic mass is 9.95. The lowest BCUT2D eigenvalue weighted by Gasteiger charge is -2.18. The molecule has 8 heteroatoms. The predicted molar refractivity (Wildman–Crippen MR) is 123 cm³/mol. The molecule has 3 aromatic carbocycles. The van der Waals surface area contributed by atoms with Gasteiger partial charge in [-0.1, -0.05) is 30.3 Å². The van der Waals surface area contributed by atoms with Crippen LogP contribution in [0.25, 0.3) is 22.0 Å². The summed E-state index contributed by atoms with van der Waals surface area (Å²) < 4.78 is 38.1. The van der Waals surface area contributed by atoms with E-state index in [1.165, 1.54) is 12.1 Å². The van der Waals surface area contributed by atoms with Crippen LogP contribution >= 0.6 is 0 Å². The maximum absolute atomic E-state index is 12.7. The summed E-state index contributed by atoms with van der Waals surface area (Å²) in [5.74, 6) is 0. The summed E-state index contributed by atoms with van der Waals surface area (Å²) >= 11 is 0. The Bertz CT molecular complexity index is 1290. The van der Waals surface area contributed by atoms with Crippen LogP contribution in [0.15, 0.2) is 72.9 Å². The molecule has 4 N–H and O–H groups in total. The van der Waals surface area contributed by atoms with Gasteiger partial charge in [-0.05, 0) is 66.9 Å². The van der Waals surface area contributed by atoms with Gasteiger partial charge in [-0.3, -0.25) is 0 Å². The fraction of sp³-hybridized carbons (Fsp3) is 0.160. The van der Waals surface area contributed by atoms with Gasteiger partial charge in [0.1, 0.15) is 0 Å². The number of carbonyl (C=O) groups excluding carboxylic acids is 1. The number of H-pyrrole nitrogens is 1. The largest absolute Gasteiger partial charge is 0.416 e. The first-order valence-electron chi connectivity index (χ1n) is 10.2. The van der Waals surface area contributed by atoms with E-state index in [0.29, 0.717) is 5.69 Å². The highest BCUT2D eigenvalue weighted by Crippen LogP contribution is 2.31. The molecule has 0 aliphatic heterocycles. The van der Waals surface area contributed by atoms with Crippen LogP contribution in [0.2, 0.25) is 0 Å². The first kappa shape index (κ1) is 22.4. The number of alkyl halides is 3. The van der Waals surface area contributed by atoms with E-state index >= 15 is 0 Å². The number of amides is 2. The number of anilines is 2. The molecular formula is C25H22F3N3O2. The van der Waals surface area contributed by atoms with Gasteiger partial charge in [0.25, 0.3) is 0 Å². The quantitative estimate of drug-likeness (QED) is 0.277. The maximum atomic E-state index is 12.7. The lowest BCUT2D eigenvalue weighted by molar-refractivity contribution is -0.137. The highest BCUT2D eigenvalue weighted by molar-refractivity contribution is 6.06. The minimum atomic E-state index is -4.43. The third-order valence-corrected chi connectivity index (χ3v) is 5.32. The topological polar surface area (TPSA) is 77.2 Å². The maximum Gasteiger partial charge on any atom is 0.416 e. The van der Waals surface area contributed by atoms with E-state index in [1.807, 2.05) is 42.5 Å². The number of hydrogen-bond donors (Lipinski definition) is 4. The average molecular weight is 453 g/mol. The fourth-order valence-electron chi connectivity index (χ4n) is 3.50. The molecule has 5 nitrogen and oxygen atoms in total. The highest BCUT2D eigenvalue weighted by atomic mass is 19.4. The van der Waals surface area contributed by atoms with Crippen LogP contribution < -0.4 is 10.6 Å². The number of carbonyl (C=O) groups is 1. The summed E-state index contributed by atoms with van der Waals surface area (Å²) in [7, 11) is 0. The van der Waals surface area contributed by atoms with Gasteiger partial charge in [-0.25, -0.2) is 4.79 Å². The number of rotatable bonds is 4. The molecule has 0 radical (unpaired) electrons. The van der Waals surface area contributed by atoms with Gasteiger partial charge in [0, 0.05) is 22.8 Å². The number of aliphatic hydroxyl groups is 1. The Kier molecular flexibility index (Phi) is 5.63. The predicted octanol–water partition coefficient (Wildman–Crippen LogP) is 6.73. The Morgan fingerprint density at radius 2 is 1.45 bits per heavy atom. The van der Waals surface area contributed by atoms with Gasteiger partial charge >= 0.3 is 12.2 Å².